The van der Waals surface area contributed by atoms with Crippen molar-refractivity contribution in [2.45, 2.75) is 51.3 Å². The number of ether oxygens (including phenoxy) is 1. The van der Waals surface area contributed by atoms with Gasteiger partial charge in [-0.1, -0.05) is 57.2 Å². The molecule has 0 bridgehead atoms. The Labute approximate surface area is 281 Å². The Morgan fingerprint density at radius 3 is 2.62 bits per heavy atom. The number of aryl methyl sites for hydroxylation is 3. The first-order valence-corrected chi connectivity index (χ1v) is 16.3. The Kier molecular flexibility index (Phi) is 4.38. The Morgan fingerprint density at radius 2 is 1.78 bits per heavy atom. The van der Waals surface area contributed by atoms with E-state index >= 15 is 0 Å². The number of aromatic nitrogens is 4. The standard InChI is InChI=1S/C39H34N4O.Pt/c1-24-13-16-32-35-33(24)30-15-14-28(44-27-11-8-10-26(21-27)42-20-19-41(5)23-42)22-31(30)37-40-34-29-12-7-6-9-25(29)17-18-39(4,38(32,2)3)36(34)43(35)37;/h6-16,19-22H,17-18H2,1-5H3;/i1D3,5D3;. The molecular formula is C39H34N4OPt. The first-order chi connectivity index (χ1) is 24.1. The van der Waals surface area contributed by atoms with Crippen LogP contribution in [0.4, 0.5) is 0 Å². The third-order valence-electron chi connectivity index (χ3n) is 10.6. The number of benzene rings is 4. The summed E-state index contributed by atoms with van der Waals surface area (Å²) in [6, 6.07) is 25.7. The molecule has 0 saturated carbocycles. The summed E-state index contributed by atoms with van der Waals surface area (Å²) in [4.78, 5) is 5.47. The van der Waals surface area contributed by atoms with Gasteiger partial charge in [0.25, 0.3) is 0 Å². The van der Waals surface area contributed by atoms with Crippen LogP contribution in [-0.2, 0) is 43.6 Å². The predicted molar refractivity (Wildman–Crippen MR) is 177 cm³/mol. The molecular weight excluding hydrogens is 736 g/mol. The summed E-state index contributed by atoms with van der Waals surface area (Å²) in [7, 11) is 0. The molecule has 4 heterocycles. The topological polar surface area (TPSA) is 36.4 Å². The molecule has 1 atom stereocenters. The number of hydrogen-bond donors (Lipinski definition) is 0. The number of imidazole rings is 2. The molecule has 4 aromatic carbocycles. The Balaban J connectivity index is 1.31. The zero-order valence-electron chi connectivity index (χ0n) is 31.1. The summed E-state index contributed by atoms with van der Waals surface area (Å²) < 4.78 is 61.8. The van der Waals surface area contributed by atoms with Crippen molar-refractivity contribution in [1.29, 1.82) is 0 Å². The van der Waals surface area contributed by atoms with Crippen LogP contribution >= 0.6 is 0 Å². The van der Waals surface area contributed by atoms with E-state index in [2.05, 4.69) is 49.4 Å². The van der Waals surface area contributed by atoms with E-state index in [-0.39, 0.29) is 10.8 Å². The van der Waals surface area contributed by atoms with Crippen molar-refractivity contribution in [3.05, 3.63) is 117 Å². The van der Waals surface area contributed by atoms with Crippen molar-refractivity contribution < 1.29 is 32.3 Å². The van der Waals surface area contributed by atoms with E-state index in [1.54, 1.807) is 17.0 Å². The second kappa shape index (κ2) is 9.17. The minimum Gasteiger partial charge on any atom is -0.0619 e. The molecule has 3 aromatic heterocycles. The predicted octanol–water partition coefficient (Wildman–Crippen LogP) is 9.11. The molecule has 5 nitrogen and oxygen atoms in total. The van der Waals surface area contributed by atoms with Gasteiger partial charge in [0.2, 0.25) is 0 Å². The first kappa shape index (κ1) is 21.5. The Hall–Kier alpha value is -4.21. The SMILES string of the molecule is [2H]C([2H])([2H])c1ccc2c3c1c1ccc(Oc4cccc(-n5ccn(C([2H])([2H])[2H])[c]5=[Pt])c4)cc1c1nc4c(n13)C(C)(CCc1ccccc1-4)C2(C)C. The quantitative estimate of drug-likeness (QED) is 0.168. The van der Waals surface area contributed by atoms with Crippen molar-refractivity contribution >= 4 is 27.3 Å². The van der Waals surface area contributed by atoms with Gasteiger partial charge in [-0.15, -0.1) is 0 Å². The first-order valence-electron chi connectivity index (χ1n) is 18.2. The van der Waals surface area contributed by atoms with E-state index in [0.717, 1.165) is 68.4 Å². The van der Waals surface area contributed by atoms with E-state index in [4.69, 9.17) is 17.9 Å². The number of hydrogen-bond acceptors (Lipinski definition) is 2. The summed E-state index contributed by atoms with van der Waals surface area (Å²) in [5, 5.41) is 2.35. The molecule has 1 unspecified atom stereocenters. The molecule has 2 aliphatic rings. The molecule has 1 aliphatic heterocycles. The van der Waals surface area contributed by atoms with Gasteiger partial charge in [-0.3, -0.25) is 0 Å². The molecule has 7 aromatic rings. The van der Waals surface area contributed by atoms with Crippen molar-refractivity contribution in [2.75, 3.05) is 0 Å². The third-order valence-corrected chi connectivity index (χ3v) is 11.7. The summed E-state index contributed by atoms with van der Waals surface area (Å²) >= 11 is 2.01. The van der Waals surface area contributed by atoms with E-state index in [9.17, 15) is 0 Å². The van der Waals surface area contributed by atoms with Crippen LogP contribution in [0.15, 0.2) is 91.3 Å². The van der Waals surface area contributed by atoms with Gasteiger partial charge < -0.3 is 0 Å². The van der Waals surface area contributed by atoms with E-state index in [0.29, 0.717) is 20.9 Å². The van der Waals surface area contributed by atoms with Gasteiger partial charge in [0.05, 0.1) is 0 Å². The van der Waals surface area contributed by atoms with Crippen LogP contribution in [0.5, 0.6) is 11.5 Å². The van der Waals surface area contributed by atoms with Crippen LogP contribution < -0.4 is 4.74 Å². The molecule has 0 saturated heterocycles. The summed E-state index contributed by atoms with van der Waals surface area (Å²) in [6.45, 7) is 2.31. The van der Waals surface area contributed by atoms with Crippen LogP contribution in [-0.4, -0.2) is 18.5 Å². The fourth-order valence-electron chi connectivity index (χ4n) is 7.86. The monoisotopic (exact) mass is 775 g/mol. The summed E-state index contributed by atoms with van der Waals surface area (Å²) in [6.07, 6.45) is 5.11. The fourth-order valence-corrected chi connectivity index (χ4v) is 8.50. The molecule has 0 N–H and O–H groups in total. The van der Waals surface area contributed by atoms with Crippen molar-refractivity contribution in [3.8, 4) is 28.4 Å². The fraction of sp³-hybridized carbons (Fsp3) is 0.231. The zero-order valence-corrected chi connectivity index (χ0v) is 27.4. The maximum absolute atomic E-state index is 8.62. The zero-order chi connectivity index (χ0) is 35.8. The van der Waals surface area contributed by atoms with Gasteiger partial charge in [-0.05, 0) is 30.8 Å². The van der Waals surface area contributed by atoms with Gasteiger partial charge in [0.15, 0.2) is 0 Å². The number of fused-ring (bicyclic) bond motifs is 5. The molecule has 1 aliphatic carbocycles. The molecule has 226 valence electrons. The van der Waals surface area contributed by atoms with Crippen molar-refractivity contribution in [1.82, 2.24) is 18.5 Å². The van der Waals surface area contributed by atoms with Gasteiger partial charge >= 0.3 is 174 Å². The smallest absolute Gasteiger partial charge is 0.0200 e. The van der Waals surface area contributed by atoms with Gasteiger partial charge in [0.1, 0.15) is 0 Å². The van der Waals surface area contributed by atoms with E-state index in [1.165, 1.54) is 10.1 Å². The second-order valence-corrected chi connectivity index (χ2v) is 14.1. The molecule has 0 amide bonds. The average Bonchev–Trinajstić information content (AvgIpc) is 3.65. The van der Waals surface area contributed by atoms with Crippen LogP contribution in [0.3, 0.4) is 0 Å². The maximum Gasteiger partial charge on any atom is 0.0200 e. The van der Waals surface area contributed by atoms with Crippen LogP contribution in [0.1, 0.15) is 57.8 Å². The normalized spacial score (nSPS) is 20.6. The molecule has 0 radical (unpaired) electrons. The summed E-state index contributed by atoms with van der Waals surface area (Å²) in [5.41, 5.74) is 7.75. The van der Waals surface area contributed by atoms with Crippen molar-refractivity contribution in [3.63, 3.8) is 0 Å². The number of rotatable bonds is 3. The third kappa shape index (κ3) is 3.53. The van der Waals surface area contributed by atoms with Crippen LogP contribution in [0.2, 0.25) is 0 Å². The largest absolute Gasteiger partial charge is 0.0619 e. The van der Waals surface area contributed by atoms with Crippen LogP contribution in [0.25, 0.3) is 44.3 Å². The minimum atomic E-state index is -2.34. The minimum absolute atomic E-state index is 0.293. The van der Waals surface area contributed by atoms with Gasteiger partial charge in [0, 0.05) is 20.5 Å². The van der Waals surface area contributed by atoms with Gasteiger partial charge in [-0.25, -0.2) is 0 Å². The van der Waals surface area contributed by atoms with E-state index < -0.39 is 13.8 Å². The second-order valence-electron chi connectivity index (χ2n) is 13.1. The molecule has 0 spiro atoms. The number of nitrogens with zero attached hydrogens (tertiary/aromatic N) is 4. The Bertz CT molecular complexity index is 2680. The molecule has 45 heavy (non-hydrogen) atoms. The molecule has 0 fully saturated rings. The maximum atomic E-state index is 8.62. The average molecular weight is 776 g/mol. The van der Waals surface area contributed by atoms with E-state index in [1.807, 2.05) is 74.0 Å². The Morgan fingerprint density at radius 1 is 0.911 bits per heavy atom. The summed E-state index contributed by atoms with van der Waals surface area (Å²) in [5.74, 6) is 1.15. The van der Waals surface area contributed by atoms with Crippen molar-refractivity contribution in [2.24, 2.45) is 6.98 Å². The molecule has 6 heteroatoms. The van der Waals surface area contributed by atoms with Crippen LogP contribution in [0, 0.1) is 10.7 Å². The van der Waals surface area contributed by atoms with Gasteiger partial charge in [-0.2, -0.15) is 0 Å². The molecule has 9 rings (SSSR count). The number of pyridine rings is 1.